The summed E-state index contributed by atoms with van der Waals surface area (Å²) in [5.74, 6) is 1.11. The fraction of sp³-hybridized carbons (Fsp3) is 0.217. The number of benzene rings is 1. The van der Waals surface area contributed by atoms with Gasteiger partial charge in [-0.25, -0.2) is 0 Å². The summed E-state index contributed by atoms with van der Waals surface area (Å²) in [5, 5.41) is 12.0. The number of piperazine rings is 1. The van der Waals surface area contributed by atoms with Crippen molar-refractivity contribution in [2.75, 3.05) is 31.9 Å². The van der Waals surface area contributed by atoms with Gasteiger partial charge in [-0.1, -0.05) is 29.4 Å². The normalized spacial score (nSPS) is 13.9. The summed E-state index contributed by atoms with van der Waals surface area (Å²) in [6.45, 7) is 1.91. The van der Waals surface area contributed by atoms with Gasteiger partial charge >= 0.3 is 0 Å². The minimum Gasteiger partial charge on any atom is -0.459 e. The average molecular weight is 514 g/mol. The minimum absolute atomic E-state index is 0.00146. The predicted octanol–water partition coefficient (Wildman–Crippen LogP) is 4.32. The molecule has 0 N–H and O–H groups in total. The second-order valence-corrected chi connectivity index (χ2v) is 9.86. The Morgan fingerprint density at radius 2 is 1.76 bits per heavy atom. The van der Waals surface area contributed by atoms with E-state index in [0.29, 0.717) is 42.1 Å². The Balaban J connectivity index is 1.26. The Bertz CT molecular complexity index is 1260. The van der Waals surface area contributed by atoms with Gasteiger partial charge in [0, 0.05) is 36.9 Å². The average Bonchev–Trinajstić information content (AvgIpc) is 3.64. The van der Waals surface area contributed by atoms with Crippen LogP contribution >= 0.6 is 34.7 Å². The van der Waals surface area contributed by atoms with Crippen LogP contribution in [-0.4, -0.2) is 68.3 Å². The third-order valence-electron chi connectivity index (χ3n) is 5.44. The van der Waals surface area contributed by atoms with Crippen molar-refractivity contribution in [1.82, 2.24) is 24.6 Å². The lowest BCUT2D eigenvalue weighted by Gasteiger charge is -2.34. The smallest absolute Gasteiger partial charge is 0.289 e. The fourth-order valence-corrected chi connectivity index (χ4v) is 5.36. The van der Waals surface area contributed by atoms with E-state index in [1.165, 1.54) is 18.0 Å². The molecule has 11 heteroatoms. The van der Waals surface area contributed by atoms with Crippen LogP contribution in [0.25, 0.3) is 16.4 Å². The predicted molar refractivity (Wildman–Crippen MR) is 132 cm³/mol. The monoisotopic (exact) mass is 513 g/mol. The number of aromatic nitrogens is 3. The van der Waals surface area contributed by atoms with Gasteiger partial charge in [0.1, 0.15) is 0 Å². The SMILES string of the molecule is O=C(CSc1nnc(-c2cccs2)n1-c1ccc(Cl)cc1)N1CCN(C(=O)c2ccco2)CC1. The highest BCUT2D eigenvalue weighted by molar-refractivity contribution is 7.99. The van der Waals surface area contributed by atoms with E-state index in [-0.39, 0.29) is 17.6 Å². The van der Waals surface area contributed by atoms with Crippen LogP contribution in [0.2, 0.25) is 5.02 Å². The number of thiophene rings is 1. The first-order valence-electron chi connectivity index (χ1n) is 10.6. The molecule has 1 aliphatic heterocycles. The van der Waals surface area contributed by atoms with Crippen LogP contribution < -0.4 is 0 Å². The van der Waals surface area contributed by atoms with E-state index in [2.05, 4.69) is 10.2 Å². The van der Waals surface area contributed by atoms with Gasteiger partial charge in [-0.3, -0.25) is 14.2 Å². The first kappa shape index (κ1) is 22.7. The second-order valence-electron chi connectivity index (χ2n) is 7.53. The summed E-state index contributed by atoms with van der Waals surface area (Å²) in [5.41, 5.74) is 0.873. The molecular formula is C23H20ClN5O3S2. The van der Waals surface area contributed by atoms with E-state index in [4.69, 9.17) is 16.0 Å². The van der Waals surface area contributed by atoms with Gasteiger partial charge < -0.3 is 14.2 Å². The topological polar surface area (TPSA) is 84.5 Å². The lowest BCUT2D eigenvalue weighted by Crippen LogP contribution is -2.51. The third-order valence-corrected chi connectivity index (χ3v) is 7.47. The van der Waals surface area contributed by atoms with Crippen LogP contribution in [0.3, 0.4) is 0 Å². The fourth-order valence-electron chi connectivity index (χ4n) is 3.68. The summed E-state index contributed by atoms with van der Waals surface area (Å²) in [4.78, 5) is 29.8. The van der Waals surface area contributed by atoms with Crippen molar-refractivity contribution >= 4 is 46.5 Å². The zero-order valence-corrected chi connectivity index (χ0v) is 20.4. The number of carbonyl (C=O) groups is 2. The summed E-state index contributed by atoms with van der Waals surface area (Å²) >= 11 is 9.00. The highest BCUT2D eigenvalue weighted by atomic mass is 35.5. The molecule has 3 aromatic heterocycles. The number of nitrogens with zero attached hydrogens (tertiary/aromatic N) is 5. The van der Waals surface area contributed by atoms with Crippen molar-refractivity contribution in [1.29, 1.82) is 0 Å². The number of hydrogen-bond acceptors (Lipinski definition) is 7. The zero-order valence-electron chi connectivity index (χ0n) is 18.0. The maximum Gasteiger partial charge on any atom is 0.289 e. The highest BCUT2D eigenvalue weighted by Gasteiger charge is 2.26. The Morgan fingerprint density at radius 1 is 1.00 bits per heavy atom. The number of amides is 2. The van der Waals surface area contributed by atoms with Crippen LogP contribution in [0.15, 0.2) is 69.7 Å². The number of carbonyl (C=O) groups excluding carboxylic acids is 2. The van der Waals surface area contributed by atoms with E-state index in [1.807, 2.05) is 46.3 Å². The largest absolute Gasteiger partial charge is 0.459 e. The summed E-state index contributed by atoms with van der Waals surface area (Å²) in [6, 6.07) is 14.7. The number of furan rings is 1. The lowest BCUT2D eigenvalue weighted by atomic mass is 10.3. The molecule has 1 aliphatic rings. The van der Waals surface area contributed by atoms with Crippen molar-refractivity contribution in [3.8, 4) is 16.4 Å². The van der Waals surface area contributed by atoms with Gasteiger partial charge in [-0.05, 0) is 47.8 Å². The quantitative estimate of drug-likeness (QED) is 0.357. The number of halogens is 1. The van der Waals surface area contributed by atoms with Crippen molar-refractivity contribution in [2.45, 2.75) is 5.16 Å². The molecule has 0 saturated carbocycles. The zero-order chi connectivity index (χ0) is 23.5. The van der Waals surface area contributed by atoms with Crippen LogP contribution in [0.1, 0.15) is 10.6 Å². The molecule has 0 spiro atoms. The Kier molecular flexibility index (Phi) is 6.70. The summed E-state index contributed by atoms with van der Waals surface area (Å²) in [6.07, 6.45) is 1.48. The maximum atomic E-state index is 12.9. The molecule has 34 heavy (non-hydrogen) atoms. The number of thioether (sulfide) groups is 1. The van der Waals surface area contributed by atoms with Gasteiger partial charge in [-0.2, -0.15) is 0 Å². The standard InChI is InChI=1S/C23H20ClN5O3S2/c24-16-5-7-17(8-6-16)29-21(19-4-2-14-33-19)25-26-23(29)34-15-20(30)27-9-11-28(12-10-27)22(31)18-3-1-13-32-18/h1-8,13-14H,9-12,15H2. The van der Waals surface area contributed by atoms with Gasteiger partial charge in [0.25, 0.3) is 5.91 Å². The maximum absolute atomic E-state index is 12.9. The van der Waals surface area contributed by atoms with E-state index < -0.39 is 0 Å². The van der Waals surface area contributed by atoms with E-state index in [0.717, 1.165) is 16.4 Å². The molecule has 4 heterocycles. The van der Waals surface area contributed by atoms with Crippen molar-refractivity contribution in [3.63, 3.8) is 0 Å². The molecule has 8 nitrogen and oxygen atoms in total. The second kappa shape index (κ2) is 10.0. The molecule has 0 aliphatic carbocycles. The summed E-state index contributed by atoms with van der Waals surface area (Å²) < 4.78 is 7.14. The van der Waals surface area contributed by atoms with Crippen molar-refractivity contribution < 1.29 is 14.0 Å². The molecule has 1 saturated heterocycles. The van der Waals surface area contributed by atoms with Crippen LogP contribution in [0.4, 0.5) is 0 Å². The Hall–Kier alpha value is -3.08. The molecule has 4 aromatic rings. The first-order chi connectivity index (χ1) is 16.6. The Labute approximate surface area is 209 Å². The van der Waals surface area contributed by atoms with Gasteiger partial charge in [0.05, 0.1) is 16.9 Å². The molecule has 174 valence electrons. The van der Waals surface area contributed by atoms with Crippen LogP contribution in [-0.2, 0) is 4.79 Å². The Morgan fingerprint density at radius 3 is 2.44 bits per heavy atom. The number of hydrogen-bond donors (Lipinski definition) is 0. The van der Waals surface area contributed by atoms with Crippen LogP contribution in [0, 0.1) is 0 Å². The molecule has 2 amide bonds. The summed E-state index contributed by atoms with van der Waals surface area (Å²) in [7, 11) is 0. The van der Waals surface area contributed by atoms with Gasteiger partial charge in [0.2, 0.25) is 5.91 Å². The van der Waals surface area contributed by atoms with Crippen LogP contribution in [0.5, 0.6) is 0 Å². The van der Waals surface area contributed by atoms with E-state index >= 15 is 0 Å². The van der Waals surface area contributed by atoms with E-state index in [9.17, 15) is 9.59 Å². The molecule has 0 atom stereocenters. The number of rotatable bonds is 6. The van der Waals surface area contributed by atoms with Gasteiger partial charge in [-0.15, -0.1) is 21.5 Å². The lowest BCUT2D eigenvalue weighted by molar-refractivity contribution is -0.129. The highest BCUT2D eigenvalue weighted by Crippen LogP contribution is 2.31. The first-order valence-corrected chi connectivity index (χ1v) is 12.8. The molecule has 1 fully saturated rings. The molecule has 0 bridgehead atoms. The van der Waals surface area contributed by atoms with Crippen molar-refractivity contribution in [2.24, 2.45) is 0 Å². The van der Waals surface area contributed by atoms with E-state index in [1.54, 1.807) is 33.3 Å². The molecule has 0 unspecified atom stereocenters. The molecule has 5 rings (SSSR count). The molecule has 0 radical (unpaired) electrons. The molecule has 1 aromatic carbocycles. The van der Waals surface area contributed by atoms with Crippen molar-refractivity contribution in [3.05, 3.63) is 71.0 Å². The molecular weight excluding hydrogens is 494 g/mol. The minimum atomic E-state index is -0.149. The van der Waals surface area contributed by atoms with Gasteiger partial charge in [0.15, 0.2) is 16.7 Å². The third kappa shape index (κ3) is 4.75.